The number of nitrogens with two attached hydrogens (primary N) is 1. The minimum Gasteiger partial charge on any atom is -0.398 e. The first-order valence-corrected chi connectivity index (χ1v) is 6.36. The van der Waals surface area contributed by atoms with Gasteiger partial charge >= 0.3 is 0 Å². The van der Waals surface area contributed by atoms with Crippen molar-refractivity contribution in [1.29, 1.82) is 0 Å². The van der Waals surface area contributed by atoms with E-state index in [0.29, 0.717) is 5.92 Å². The van der Waals surface area contributed by atoms with Gasteiger partial charge in [-0.1, -0.05) is 26.7 Å². The van der Waals surface area contributed by atoms with Crippen molar-refractivity contribution in [1.82, 2.24) is 14.6 Å². The fourth-order valence-electron chi connectivity index (χ4n) is 2.30. The Morgan fingerprint density at radius 3 is 2.53 bits per heavy atom. The van der Waals surface area contributed by atoms with E-state index in [1.165, 1.54) is 12.8 Å². The molecule has 2 aromatic heterocycles. The van der Waals surface area contributed by atoms with Crippen molar-refractivity contribution in [2.45, 2.75) is 45.4 Å². The van der Waals surface area contributed by atoms with Gasteiger partial charge in [0.05, 0.1) is 0 Å². The monoisotopic (exact) mass is 232 g/mol. The van der Waals surface area contributed by atoms with Crippen LogP contribution in [0.15, 0.2) is 18.3 Å². The van der Waals surface area contributed by atoms with E-state index in [9.17, 15) is 0 Å². The van der Waals surface area contributed by atoms with E-state index in [0.717, 1.165) is 30.0 Å². The number of hydrogen-bond donors (Lipinski definition) is 1. The van der Waals surface area contributed by atoms with Crippen LogP contribution in [0.1, 0.15) is 51.3 Å². The smallest absolute Gasteiger partial charge is 0.160 e. The van der Waals surface area contributed by atoms with E-state index in [1.54, 1.807) is 0 Å². The molecule has 2 N–H and O–H groups in total. The summed E-state index contributed by atoms with van der Waals surface area (Å²) in [6.45, 7) is 4.42. The van der Waals surface area contributed by atoms with Crippen LogP contribution in [-0.2, 0) is 0 Å². The van der Waals surface area contributed by atoms with Gasteiger partial charge in [-0.15, -0.1) is 10.2 Å². The lowest BCUT2D eigenvalue weighted by Crippen LogP contribution is -2.05. The van der Waals surface area contributed by atoms with Gasteiger partial charge in [0.25, 0.3) is 0 Å². The second-order valence-corrected chi connectivity index (χ2v) is 4.52. The Labute approximate surface area is 102 Å². The number of fused-ring (bicyclic) bond motifs is 1. The molecule has 17 heavy (non-hydrogen) atoms. The zero-order valence-electron chi connectivity index (χ0n) is 10.6. The quantitative estimate of drug-likeness (QED) is 0.862. The Hall–Kier alpha value is -1.58. The maximum absolute atomic E-state index is 5.82. The summed E-state index contributed by atoms with van der Waals surface area (Å²) in [6, 6.07) is 3.78. The summed E-state index contributed by atoms with van der Waals surface area (Å²) < 4.78 is 2.03. The summed E-state index contributed by atoms with van der Waals surface area (Å²) in [5.41, 5.74) is 7.46. The van der Waals surface area contributed by atoms with E-state index in [2.05, 4.69) is 24.0 Å². The SMILES string of the molecule is CCCC(CCC)c1nnc2ccc(N)cn12. The van der Waals surface area contributed by atoms with Crippen LogP contribution in [0.25, 0.3) is 5.65 Å². The third-order valence-electron chi connectivity index (χ3n) is 3.09. The van der Waals surface area contributed by atoms with Crippen LogP contribution in [0, 0.1) is 0 Å². The molecular formula is C13H20N4. The summed E-state index contributed by atoms with van der Waals surface area (Å²) in [5.74, 6) is 1.54. The van der Waals surface area contributed by atoms with Gasteiger partial charge in [0.1, 0.15) is 5.82 Å². The zero-order chi connectivity index (χ0) is 12.3. The van der Waals surface area contributed by atoms with Crippen LogP contribution in [0.5, 0.6) is 0 Å². The summed E-state index contributed by atoms with van der Waals surface area (Å²) in [6.07, 6.45) is 6.57. The molecule has 2 rings (SSSR count). The molecule has 0 aliphatic heterocycles. The number of aromatic nitrogens is 3. The van der Waals surface area contributed by atoms with E-state index in [1.807, 2.05) is 22.7 Å². The summed E-state index contributed by atoms with van der Waals surface area (Å²) in [7, 11) is 0. The van der Waals surface area contributed by atoms with Crippen molar-refractivity contribution < 1.29 is 0 Å². The van der Waals surface area contributed by atoms with Gasteiger partial charge < -0.3 is 5.73 Å². The molecule has 0 spiro atoms. The van der Waals surface area contributed by atoms with E-state index >= 15 is 0 Å². The fourth-order valence-corrected chi connectivity index (χ4v) is 2.30. The molecule has 0 aromatic carbocycles. The summed E-state index contributed by atoms with van der Waals surface area (Å²) in [5, 5.41) is 8.53. The third kappa shape index (κ3) is 2.40. The Bertz CT molecular complexity index is 483. The predicted molar refractivity (Wildman–Crippen MR) is 70.0 cm³/mol. The minimum atomic E-state index is 0.488. The lowest BCUT2D eigenvalue weighted by atomic mass is 9.97. The first kappa shape index (κ1) is 11.9. The average Bonchev–Trinajstić information content (AvgIpc) is 2.71. The highest BCUT2D eigenvalue weighted by Crippen LogP contribution is 2.25. The molecule has 0 saturated carbocycles. The van der Waals surface area contributed by atoms with Crippen LogP contribution < -0.4 is 5.73 Å². The van der Waals surface area contributed by atoms with Gasteiger partial charge in [0.2, 0.25) is 0 Å². The lowest BCUT2D eigenvalue weighted by molar-refractivity contribution is 0.529. The molecule has 2 aromatic rings. The molecule has 0 bridgehead atoms. The van der Waals surface area contributed by atoms with Gasteiger partial charge in [-0.25, -0.2) is 0 Å². The Morgan fingerprint density at radius 2 is 1.88 bits per heavy atom. The molecule has 0 aliphatic rings. The van der Waals surface area contributed by atoms with Crippen molar-refractivity contribution in [3.05, 3.63) is 24.2 Å². The highest BCUT2D eigenvalue weighted by molar-refractivity contribution is 5.47. The highest BCUT2D eigenvalue weighted by atomic mass is 15.2. The number of rotatable bonds is 5. The Kier molecular flexibility index (Phi) is 3.61. The van der Waals surface area contributed by atoms with Crippen LogP contribution in [0.4, 0.5) is 5.69 Å². The third-order valence-corrected chi connectivity index (χ3v) is 3.09. The molecule has 0 unspecified atom stereocenters. The lowest BCUT2D eigenvalue weighted by Gasteiger charge is -2.13. The molecule has 0 fully saturated rings. The van der Waals surface area contributed by atoms with Crippen molar-refractivity contribution >= 4 is 11.3 Å². The average molecular weight is 232 g/mol. The van der Waals surface area contributed by atoms with Gasteiger partial charge in [0, 0.05) is 17.8 Å². The van der Waals surface area contributed by atoms with E-state index in [-0.39, 0.29) is 0 Å². The van der Waals surface area contributed by atoms with Crippen molar-refractivity contribution in [3.8, 4) is 0 Å². The summed E-state index contributed by atoms with van der Waals surface area (Å²) >= 11 is 0. The number of nitrogens with zero attached hydrogens (tertiary/aromatic N) is 3. The molecule has 0 amide bonds. The zero-order valence-corrected chi connectivity index (χ0v) is 10.6. The van der Waals surface area contributed by atoms with Gasteiger partial charge in [-0.2, -0.15) is 0 Å². The molecule has 4 heteroatoms. The molecule has 0 aliphatic carbocycles. The largest absolute Gasteiger partial charge is 0.398 e. The van der Waals surface area contributed by atoms with Crippen LogP contribution in [0.2, 0.25) is 0 Å². The van der Waals surface area contributed by atoms with Crippen molar-refractivity contribution in [2.24, 2.45) is 0 Å². The number of anilines is 1. The van der Waals surface area contributed by atoms with E-state index in [4.69, 9.17) is 5.73 Å². The minimum absolute atomic E-state index is 0.488. The molecule has 4 nitrogen and oxygen atoms in total. The number of pyridine rings is 1. The second kappa shape index (κ2) is 5.17. The van der Waals surface area contributed by atoms with Gasteiger partial charge in [-0.3, -0.25) is 4.40 Å². The predicted octanol–water partition coefficient (Wildman–Crippen LogP) is 3.00. The maximum Gasteiger partial charge on any atom is 0.160 e. The molecule has 0 saturated heterocycles. The van der Waals surface area contributed by atoms with Crippen LogP contribution >= 0.6 is 0 Å². The number of nitrogen functional groups attached to an aromatic ring is 1. The summed E-state index contributed by atoms with van der Waals surface area (Å²) in [4.78, 5) is 0. The fraction of sp³-hybridized carbons (Fsp3) is 0.538. The standard InChI is InChI=1S/C13H20N4/c1-3-5-10(6-4-2)13-16-15-12-8-7-11(14)9-17(12)13/h7-10H,3-6,14H2,1-2H3. The second-order valence-electron chi connectivity index (χ2n) is 4.52. The Morgan fingerprint density at radius 1 is 1.18 bits per heavy atom. The number of hydrogen-bond acceptors (Lipinski definition) is 3. The normalized spacial score (nSPS) is 11.5. The van der Waals surface area contributed by atoms with Crippen molar-refractivity contribution in [3.63, 3.8) is 0 Å². The topological polar surface area (TPSA) is 56.2 Å². The van der Waals surface area contributed by atoms with Crippen LogP contribution in [0.3, 0.4) is 0 Å². The van der Waals surface area contributed by atoms with E-state index < -0.39 is 0 Å². The maximum atomic E-state index is 5.82. The van der Waals surface area contributed by atoms with Gasteiger partial charge in [-0.05, 0) is 25.0 Å². The first-order chi connectivity index (χ1) is 8.26. The molecular weight excluding hydrogens is 212 g/mol. The highest BCUT2D eigenvalue weighted by Gasteiger charge is 2.16. The molecule has 0 atom stereocenters. The molecule has 0 radical (unpaired) electrons. The molecule has 2 heterocycles. The molecule has 92 valence electrons. The van der Waals surface area contributed by atoms with Crippen molar-refractivity contribution in [2.75, 3.05) is 5.73 Å². The van der Waals surface area contributed by atoms with Gasteiger partial charge in [0.15, 0.2) is 5.65 Å². The van der Waals surface area contributed by atoms with Crippen LogP contribution in [-0.4, -0.2) is 14.6 Å². The first-order valence-electron chi connectivity index (χ1n) is 6.36. The Balaban J connectivity index is 2.41.